The predicted molar refractivity (Wildman–Crippen MR) is 77.2 cm³/mol. The molecule has 0 bridgehead atoms. The van der Waals surface area contributed by atoms with Gasteiger partial charge in [-0.1, -0.05) is 11.6 Å². The van der Waals surface area contributed by atoms with E-state index in [1.54, 1.807) is 0 Å². The molecule has 21 heavy (non-hydrogen) atoms. The molecule has 7 heteroatoms. The summed E-state index contributed by atoms with van der Waals surface area (Å²) in [6.07, 6.45) is 2.01. The largest absolute Gasteiger partial charge is 0.480 e. The number of carboxylic acids is 1. The minimum absolute atomic E-state index is 0.242. The fourth-order valence-corrected chi connectivity index (χ4v) is 2.53. The van der Waals surface area contributed by atoms with Gasteiger partial charge in [0.2, 0.25) is 0 Å². The number of anilines is 1. The molecule has 1 aromatic carbocycles. The highest BCUT2D eigenvalue weighted by Crippen LogP contribution is 2.24. The quantitative estimate of drug-likeness (QED) is 0.878. The van der Waals surface area contributed by atoms with Gasteiger partial charge in [0.25, 0.3) is 0 Å². The van der Waals surface area contributed by atoms with Crippen molar-refractivity contribution < 1.29 is 14.7 Å². The van der Waals surface area contributed by atoms with Crippen molar-refractivity contribution in [2.45, 2.75) is 25.3 Å². The molecule has 0 radical (unpaired) electrons. The fraction of sp³-hybridized carbons (Fsp3) is 0.357. The molecule has 2 amide bonds. The molecule has 2 rings (SSSR count). The lowest BCUT2D eigenvalue weighted by Crippen LogP contribution is -2.49. The van der Waals surface area contributed by atoms with Crippen molar-refractivity contribution in [2.24, 2.45) is 0 Å². The van der Waals surface area contributed by atoms with E-state index in [0.717, 1.165) is 12.8 Å². The molecular formula is C14H14ClN3O3. The number of nitriles is 1. The van der Waals surface area contributed by atoms with Crippen molar-refractivity contribution in [1.82, 2.24) is 4.90 Å². The molecule has 1 saturated heterocycles. The van der Waals surface area contributed by atoms with Crippen LogP contribution in [0.15, 0.2) is 18.2 Å². The Kier molecular flexibility index (Phi) is 4.66. The van der Waals surface area contributed by atoms with Crippen molar-refractivity contribution in [3.8, 4) is 6.07 Å². The summed E-state index contributed by atoms with van der Waals surface area (Å²) in [5.41, 5.74) is 0.745. The third kappa shape index (κ3) is 3.44. The van der Waals surface area contributed by atoms with E-state index >= 15 is 0 Å². The second-order valence-electron chi connectivity index (χ2n) is 4.78. The molecule has 1 aliphatic heterocycles. The molecule has 110 valence electrons. The van der Waals surface area contributed by atoms with Gasteiger partial charge in [0, 0.05) is 6.54 Å². The summed E-state index contributed by atoms with van der Waals surface area (Å²) < 4.78 is 0. The van der Waals surface area contributed by atoms with Crippen LogP contribution in [0.5, 0.6) is 0 Å². The van der Waals surface area contributed by atoms with E-state index in [9.17, 15) is 9.59 Å². The molecule has 0 aromatic heterocycles. The second kappa shape index (κ2) is 6.46. The number of nitrogens with one attached hydrogen (secondary N) is 1. The normalized spacial score (nSPS) is 17.9. The number of amides is 2. The van der Waals surface area contributed by atoms with Crippen LogP contribution in [0.1, 0.15) is 24.8 Å². The summed E-state index contributed by atoms with van der Waals surface area (Å²) in [6, 6.07) is 5.15. The van der Waals surface area contributed by atoms with Crippen LogP contribution in [0.3, 0.4) is 0 Å². The number of carboxylic acid groups (broad SMARTS) is 1. The van der Waals surface area contributed by atoms with E-state index in [-0.39, 0.29) is 5.02 Å². The van der Waals surface area contributed by atoms with Gasteiger partial charge < -0.3 is 15.3 Å². The Labute approximate surface area is 126 Å². The van der Waals surface area contributed by atoms with Gasteiger partial charge in [0.1, 0.15) is 6.04 Å². The first-order chi connectivity index (χ1) is 10.0. The summed E-state index contributed by atoms with van der Waals surface area (Å²) >= 11 is 5.99. The van der Waals surface area contributed by atoms with Crippen LogP contribution in [-0.4, -0.2) is 34.6 Å². The Balaban J connectivity index is 2.13. The Morgan fingerprint density at radius 2 is 2.19 bits per heavy atom. The van der Waals surface area contributed by atoms with Crippen LogP contribution in [0.25, 0.3) is 0 Å². The number of likely N-dealkylation sites (tertiary alicyclic amines) is 1. The molecule has 0 aliphatic carbocycles. The molecule has 1 heterocycles. The number of urea groups is 1. The predicted octanol–water partition coefficient (Wildman–Crippen LogP) is 2.68. The van der Waals surface area contributed by atoms with Gasteiger partial charge in [-0.3, -0.25) is 0 Å². The number of rotatable bonds is 2. The average molecular weight is 308 g/mol. The lowest BCUT2D eigenvalue weighted by atomic mass is 10.0. The number of benzene rings is 1. The third-order valence-electron chi connectivity index (χ3n) is 3.39. The molecular weight excluding hydrogens is 294 g/mol. The maximum Gasteiger partial charge on any atom is 0.326 e. The molecule has 1 unspecified atom stereocenters. The molecule has 0 spiro atoms. The highest BCUT2D eigenvalue weighted by Gasteiger charge is 2.32. The van der Waals surface area contributed by atoms with Crippen molar-refractivity contribution in [1.29, 1.82) is 5.26 Å². The van der Waals surface area contributed by atoms with E-state index in [4.69, 9.17) is 22.0 Å². The molecule has 0 saturated carbocycles. The van der Waals surface area contributed by atoms with Gasteiger partial charge in [0.15, 0.2) is 0 Å². The second-order valence-corrected chi connectivity index (χ2v) is 5.19. The van der Waals surface area contributed by atoms with Gasteiger partial charge in [-0.05, 0) is 37.5 Å². The Hall–Kier alpha value is -2.26. The highest BCUT2D eigenvalue weighted by molar-refractivity contribution is 6.33. The minimum Gasteiger partial charge on any atom is -0.480 e. The van der Waals surface area contributed by atoms with Gasteiger partial charge in [-0.2, -0.15) is 5.26 Å². The number of hydrogen-bond acceptors (Lipinski definition) is 3. The standard InChI is InChI=1S/C14H14ClN3O3/c15-10-7-9(8-16)4-5-11(10)17-14(21)18-6-2-1-3-12(18)13(19)20/h4-5,7,12H,1-3,6H2,(H,17,21)(H,19,20). The van der Waals surface area contributed by atoms with E-state index in [1.807, 2.05) is 6.07 Å². The minimum atomic E-state index is -1.00. The average Bonchev–Trinajstić information content (AvgIpc) is 2.49. The third-order valence-corrected chi connectivity index (χ3v) is 3.70. The SMILES string of the molecule is N#Cc1ccc(NC(=O)N2CCCCC2C(=O)O)c(Cl)c1. The Morgan fingerprint density at radius 1 is 1.43 bits per heavy atom. The maximum absolute atomic E-state index is 12.2. The molecule has 1 aromatic rings. The van der Waals surface area contributed by atoms with E-state index in [2.05, 4.69) is 5.32 Å². The summed E-state index contributed by atoms with van der Waals surface area (Å²) in [7, 11) is 0. The monoisotopic (exact) mass is 307 g/mol. The number of carbonyl (C=O) groups excluding carboxylic acids is 1. The summed E-state index contributed by atoms with van der Waals surface area (Å²) in [4.78, 5) is 24.7. The molecule has 1 aliphatic rings. The lowest BCUT2D eigenvalue weighted by Gasteiger charge is -2.32. The van der Waals surface area contributed by atoms with Gasteiger partial charge in [-0.15, -0.1) is 0 Å². The zero-order valence-corrected chi connectivity index (χ0v) is 11.9. The number of hydrogen-bond donors (Lipinski definition) is 2. The molecule has 2 N–H and O–H groups in total. The zero-order valence-electron chi connectivity index (χ0n) is 11.2. The first-order valence-corrected chi connectivity index (χ1v) is 6.91. The van der Waals surface area contributed by atoms with E-state index in [0.29, 0.717) is 24.2 Å². The smallest absolute Gasteiger partial charge is 0.326 e. The van der Waals surface area contributed by atoms with Crippen LogP contribution < -0.4 is 5.32 Å². The van der Waals surface area contributed by atoms with Gasteiger partial charge >= 0.3 is 12.0 Å². The summed E-state index contributed by atoms with van der Waals surface area (Å²) in [5.74, 6) is -1.00. The van der Waals surface area contributed by atoms with Gasteiger partial charge in [-0.25, -0.2) is 9.59 Å². The number of aliphatic carboxylic acids is 1. The number of carbonyl (C=O) groups is 2. The molecule has 1 atom stereocenters. The van der Waals surface area contributed by atoms with E-state index in [1.165, 1.54) is 23.1 Å². The van der Waals surface area contributed by atoms with Crippen LogP contribution >= 0.6 is 11.6 Å². The number of nitrogens with zero attached hydrogens (tertiary/aromatic N) is 2. The van der Waals surface area contributed by atoms with Crippen molar-refractivity contribution in [2.75, 3.05) is 11.9 Å². The first-order valence-electron chi connectivity index (χ1n) is 6.53. The van der Waals surface area contributed by atoms with E-state index < -0.39 is 18.0 Å². The van der Waals surface area contributed by atoms with Crippen LogP contribution in [0.2, 0.25) is 5.02 Å². The van der Waals surface area contributed by atoms with Gasteiger partial charge in [0.05, 0.1) is 22.3 Å². The van der Waals surface area contributed by atoms with Crippen LogP contribution in [0, 0.1) is 11.3 Å². The zero-order chi connectivity index (χ0) is 15.4. The Bertz CT molecular complexity index is 612. The summed E-state index contributed by atoms with van der Waals surface area (Å²) in [5, 5.41) is 20.8. The topological polar surface area (TPSA) is 93.4 Å². The molecule has 1 fully saturated rings. The van der Waals surface area contributed by atoms with Crippen LogP contribution in [-0.2, 0) is 4.79 Å². The molecule has 6 nitrogen and oxygen atoms in total. The van der Waals surface area contributed by atoms with Crippen molar-refractivity contribution in [3.63, 3.8) is 0 Å². The first kappa shape index (κ1) is 15.1. The van der Waals surface area contributed by atoms with Crippen molar-refractivity contribution in [3.05, 3.63) is 28.8 Å². The highest BCUT2D eigenvalue weighted by atomic mass is 35.5. The van der Waals surface area contributed by atoms with Crippen LogP contribution in [0.4, 0.5) is 10.5 Å². The fourth-order valence-electron chi connectivity index (χ4n) is 2.30. The summed E-state index contributed by atoms with van der Waals surface area (Å²) in [6.45, 7) is 0.400. The lowest BCUT2D eigenvalue weighted by molar-refractivity contribution is -0.143. The van der Waals surface area contributed by atoms with Crippen molar-refractivity contribution >= 4 is 29.3 Å². The number of halogens is 1. The number of piperidine rings is 1. The Morgan fingerprint density at radius 3 is 2.81 bits per heavy atom. The maximum atomic E-state index is 12.2.